The molecule has 1 aliphatic heterocycles. The topological polar surface area (TPSA) is 52.6 Å². The zero-order valence-corrected chi connectivity index (χ0v) is 15.4. The van der Waals surface area contributed by atoms with Gasteiger partial charge in [-0.1, -0.05) is 37.6 Å². The fourth-order valence-electron chi connectivity index (χ4n) is 3.29. The summed E-state index contributed by atoms with van der Waals surface area (Å²) in [5.74, 6) is -0.553. The molecule has 0 aliphatic carbocycles. The summed E-state index contributed by atoms with van der Waals surface area (Å²) in [5.41, 5.74) is 1.29. The molecule has 0 bridgehead atoms. The van der Waals surface area contributed by atoms with E-state index in [-0.39, 0.29) is 5.92 Å². The number of carboxylic acid groups (broad SMARTS) is 1. The van der Waals surface area contributed by atoms with Gasteiger partial charge in [0, 0.05) is 24.2 Å². The maximum Gasteiger partial charge on any atom is 0.307 e. The molecule has 5 heteroatoms. The van der Waals surface area contributed by atoms with Crippen LogP contribution in [0.2, 0.25) is 5.02 Å². The number of piperidine rings is 1. The van der Waals surface area contributed by atoms with E-state index in [1.165, 1.54) is 5.56 Å². The number of carboxylic acids is 1. The lowest BCUT2D eigenvalue weighted by molar-refractivity contribution is -0.142. The molecular formula is C19H29ClN2O2. The third-order valence-electron chi connectivity index (χ3n) is 4.67. The van der Waals surface area contributed by atoms with Gasteiger partial charge in [-0.15, -0.1) is 0 Å². The minimum atomic E-state index is -0.684. The van der Waals surface area contributed by atoms with Crippen molar-refractivity contribution in [3.8, 4) is 0 Å². The van der Waals surface area contributed by atoms with Gasteiger partial charge >= 0.3 is 5.97 Å². The molecule has 1 heterocycles. The van der Waals surface area contributed by atoms with E-state index < -0.39 is 5.97 Å². The molecule has 0 spiro atoms. The first-order chi connectivity index (χ1) is 11.4. The Kier molecular flexibility index (Phi) is 7.53. The number of hydrogen-bond acceptors (Lipinski definition) is 3. The first kappa shape index (κ1) is 19.2. The predicted octanol–water partition coefficient (Wildman–Crippen LogP) is 3.64. The molecule has 1 aliphatic rings. The molecule has 0 aromatic heterocycles. The number of hydrogen-bond donors (Lipinski definition) is 2. The van der Waals surface area contributed by atoms with Crippen molar-refractivity contribution < 1.29 is 9.90 Å². The van der Waals surface area contributed by atoms with E-state index in [0.29, 0.717) is 18.5 Å². The Morgan fingerprint density at radius 1 is 1.29 bits per heavy atom. The van der Waals surface area contributed by atoms with E-state index in [9.17, 15) is 9.90 Å². The molecule has 2 N–H and O–H groups in total. The van der Waals surface area contributed by atoms with E-state index in [0.717, 1.165) is 43.9 Å². The van der Waals surface area contributed by atoms with Crippen molar-refractivity contribution >= 4 is 17.6 Å². The molecule has 0 radical (unpaired) electrons. The number of rotatable bonds is 8. The Morgan fingerprint density at radius 3 is 2.46 bits per heavy atom. The molecule has 134 valence electrons. The molecule has 1 aromatic rings. The monoisotopic (exact) mass is 352 g/mol. The minimum Gasteiger partial charge on any atom is -0.481 e. The molecule has 1 aromatic carbocycles. The van der Waals surface area contributed by atoms with E-state index in [2.05, 4.69) is 36.2 Å². The average molecular weight is 353 g/mol. The summed E-state index contributed by atoms with van der Waals surface area (Å²) in [5, 5.41) is 13.6. The zero-order valence-electron chi connectivity index (χ0n) is 14.7. The van der Waals surface area contributed by atoms with Crippen LogP contribution in [0.5, 0.6) is 0 Å². The maximum absolute atomic E-state index is 11.3. The van der Waals surface area contributed by atoms with Gasteiger partial charge in [0.1, 0.15) is 0 Å². The first-order valence-electron chi connectivity index (χ1n) is 8.87. The number of halogens is 1. The molecule has 1 atom stereocenters. The Morgan fingerprint density at radius 2 is 1.92 bits per heavy atom. The van der Waals surface area contributed by atoms with Gasteiger partial charge in [0.2, 0.25) is 0 Å². The van der Waals surface area contributed by atoms with Crippen molar-refractivity contribution in [3.63, 3.8) is 0 Å². The van der Waals surface area contributed by atoms with Crippen LogP contribution in [0, 0.1) is 11.8 Å². The number of carbonyl (C=O) groups is 1. The van der Waals surface area contributed by atoms with Crippen LogP contribution in [0.25, 0.3) is 0 Å². The fourth-order valence-corrected chi connectivity index (χ4v) is 3.42. The molecule has 4 nitrogen and oxygen atoms in total. The molecular weight excluding hydrogens is 324 g/mol. The molecule has 1 saturated heterocycles. The van der Waals surface area contributed by atoms with Crippen molar-refractivity contribution in [3.05, 3.63) is 34.9 Å². The third kappa shape index (κ3) is 6.42. The molecule has 2 rings (SSSR count). The van der Waals surface area contributed by atoms with Crippen LogP contribution in [0.4, 0.5) is 0 Å². The van der Waals surface area contributed by atoms with E-state index >= 15 is 0 Å². The standard InChI is InChI=1S/C19H29ClN2O2/c1-14(2)11-16(19(23)24)12-21-18-7-9-22(10-8-18)13-15-3-5-17(20)6-4-15/h3-6,14,16,18,21H,7-13H2,1-2H3,(H,23,24). The lowest BCUT2D eigenvalue weighted by Crippen LogP contribution is -2.44. The van der Waals surface area contributed by atoms with Gasteiger partial charge in [0.15, 0.2) is 0 Å². The molecule has 0 amide bonds. The third-order valence-corrected chi connectivity index (χ3v) is 4.92. The minimum absolute atomic E-state index is 0.280. The highest BCUT2D eigenvalue weighted by Crippen LogP contribution is 2.17. The van der Waals surface area contributed by atoms with Crippen LogP contribution in [0.15, 0.2) is 24.3 Å². The van der Waals surface area contributed by atoms with Crippen LogP contribution < -0.4 is 5.32 Å². The quantitative estimate of drug-likeness (QED) is 0.750. The van der Waals surface area contributed by atoms with Gasteiger partial charge in [-0.3, -0.25) is 9.69 Å². The molecule has 1 fully saturated rings. The summed E-state index contributed by atoms with van der Waals surface area (Å²) in [6, 6.07) is 8.46. The van der Waals surface area contributed by atoms with E-state index in [1.807, 2.05) is 12.1 Å². The Labute approximate surface area is 150 Å². The van der Waals surface area contributed by atoms with Gasteiger partial charge in [0.05, 0.1) is 5.92 Å². The maximum atomic E-state index is 11.3. The lowest BCUT2D eigenvalue weighted by atomic mass is 9.96. The predicted molar refractivity (Wildman–Crippen MR) is 98.3 cm³/mol. The second-order valence-corrected chi connectivity index (χ2v) is 7.69. The summed E-state index contributed by atoms with van der Waals surface area (Å²) in [7, 11) is 0. The van der Waals surface area contributed by atoms with Crippen molar-refractivity contribution in [2.45, 2.75) is 45.7 Å². The lowest BCUT2D eigenvalue weighted by Gasteiger charge is -2.33. The highest BCUT2D eigenvalue weighted by molar-refractivity contribution is 6.30. The van der Waals surface area contributed by atoms with Crippen LogP contribution in [-0.2, 0) is 11.3 Å². The number of likely N-dealkylation sites (tertiary alicyclic amines) is 1. The second-order valence-electron chi connectivity index (χ2n) is 7.25. The van der Waals surface area contributed by atoms with Gasteiger partial charge in [0.25, 0.3) is 0 Å². The second kappa shape index (κ2) is 9.40. The smallest absolute Gasteiger partial charge is 0.307 e. The van der Waals surface area contributed by atoms with Crippen molar-refractivity contribution in [1.29, 1.82) is 0 Å². The highest BCUT2D eigenvalue weighted by atomic mass is 35.5. The molecule has 0 saturated carbocycles. The number of nitrogens with zero attached hydrogens (tertiary/aromatic N) is 1. The Bertz CT molecular complexity index is 511. The summed E-state index contributed by atoms with van der Waals surface area (Å²) < 4.78 is 0. The van der Waals surface area contributed by atoms with Crippen LogP contribution in [-0.4, -0.2) is 41.7 Å². The highest BCUT2D eigenvalue weighted by Gasteiger charge is 2.23. The van der Waals surface area contributed by atoms with Crippen LogP contribution >= 0.6 is 11.6 Å². The van der Waals surface area contributed by atoms with E-state index in [1.54, 1.807) is 0 Å². The molecule has 1 unspecified atom stereocenters. The summed E-state index contributed by atoms with van der Waals surface area (Å²) in [6.45, 7) is 7.77. The van der Waals surface area contributed by atoms with Crippen molar-refractivity contribution in [1.82, 2.24) is 10.2 Å². The Balaban J connectivity index is 1.72. The normalized spacial score (nSPS) is 18.0. The average Bonchev–Trinajstić information content (AvgIpc) is 2.54. The SMILES string of the molecule is CC(C)CC(CNC1CCN(Cc2ccc(Cl)cc2)CC1)C(=O)O. The van der Waals surface area contributed by atoms with E-state index in [4.69, 9.17) is 11.6 Å². The molecule has 24 heavy (non-hydrogen) atoms. The summed E-state index contributed by atoms with van der Waals surface area (Å²) in [4.78, 5) is 13.8. The fraction of sp³-hybridized carbons (Fsp3) is 0.632. The van der Waals surface area contributed by atoms with Crippen molar-refractivity contribution in [2.24, 2.45) is 11.8 Å². The van der Waals surface area contributed by atoms with Crippen molar-refractivity contribution in [2.75, 3.05) is 19.6 Å². The van der Waals surface area contributed by atoms with Gasteiger partial charge in [-0.25, -0.2) is 0 Å². The van der Waals surface area contributed by atoms with Crippen LogP contribution in [0.1, 0.15) is 38.7 Å². The summed E-state index contributed by atoms with van der Waals surface area (Å²) >= 11 is 5.92. The van der Waals surface area contributed by atoms with Gasteiger partial charge in [-0.2, -0.15) is 0 Å². The van der Waals surface area contributed by atoms with Crippen LogP contribution in [0.3, 0.4) is 0 Å². The zero-order chi connectivity index (χ0) is 17.5. The largest absolute Gasteiger partial charge is 0.481 e. The van der Waals surface area contributed by atoms with Gasteiger partial charge in [-0.05, 0) is 56.0 Å². The number of benzene rings is 1. The van der Waals surface area contributed by atoms with Gasteiger partial charge < -0.3 is 10.4 Å². The Hall–Kier alpha value is -1.10. The first-order valence-corrected chi connectivity index (χ1v) is 9.25. The number of nitrogens with one attached hydrogen (secondary N) is 1. The number of aliphatic carboxylic acids is 1. The summed E-state index contributed by atoms with van der Waals surface area (Å²) in [6.07, 6.45) is 2.88.